The van der Waals surface area contributed by atoms with Gasteiger partial charge in [-0.25, -0.2) is 0 Å². The number of carbonyl (C=O) groups excluding carboxylic acids is 1. The van der Waals surface area contributed by atoms with Crippen LogP contribution in [0.1, 0.15) is 6.42 Å². The van der Waals surface area contributed by atoms with Gasteiger partial charge >= 0.3 is 0 Å². The first-order valence-electron chi connectivity index (χ1n) is 3.10. The third-order valence-electron chi connectivity index (χ3n) is 1.60. The lowest BCUT2D eigenvalue weighted by molar-refractivity contribution is -0.132. The van der Waals surface area contributed by atoms with Gasteiger partial charge in [-0.05, 0) is 13.5 Å². The van der Waals surface area contributed by atoms with E-state index in [9.17, 15) is 4.79 Å². The van der Waals surface area contributed by atoms with E-state index in [1.54, 1.807) is 0 Å². The van der Waals surface area contributed by atoms with Crippen LogP contribution in [0.25, 0.3) is 0 Å². The minimum absolute atomic E-state index is 0.146. The van der Waals surface area contributed by atoms with Crippen molar-refractivity contribution >= 4 is 6.47 Å². The standard InChI is InChI=1S/C6H11NO2/c1-7-3-2-6(4-7)9-5-8/h5-6H,2-4H2,1H3/t6-/m0/s1. The number of hydrogen-bond donors (Lipinski definition) is 0. The van der Waals surface area contributed by atoms with E-state index in [0.29, 0.717) is 6.47 Å². The van der Waals surface area contributed by atoms with Crippen molar-refractivity contribution in [2.75, 3.05) is 20.1 Å². The van der Waals surface area contributed by atoms with Crippen LogP contribution < -0.4 is 0 Å². The van der Waals surface area contributed by atoms with Crippen molar-refractivity contribution in [3.05, 3.63) is 0 Å². The fraction of sp³-hybridized carbons (Fsp3) is 0.833. The molecule has 0 aromatic rings. The maximum Gasteiger partial charge on any atom is 0.293 e. The van der Waals surface area contributed by atoms with Gasteiger partial charge < -0.3 is 9.64 Å². The fourth-order valence-electron chi connectivity index (χ4n) is 1.08. The lowest BCUT2D eigenvalue weighted by Crippen LogP contribution is -2.18. The van der Waals surface area contributed by atoms with Crippen LogP contribution in [0.2, 0.25) is 0 Å². The normalized spacial score (nSPS) is 28.3. The zero-order valence-corrected chi connectivity index (χ0v) is 5.54. The van der Waals surface area contributed by atoms with Crippen molar-refractivity contribution in [1.29, 1.82) is 0 Å². The predicted molar refractivity (Wildman–Crippen MR) is 33.1 cm³/mol. The molecular formula is C6H11NO2. The van der Waals surface area contributed by atoms with E-state index in [4.69, 9.17) is 4.74 Å². The Labute approximate surface area is 54.6 Å². The van der Waals surface area contributed by atoms with E-state index in [0.717, 1.165) is 19.5 Å². The Morgan fingerprint density at radius 3 is 3.00 bits per heavy atom. The van der Waals surface area contributed by atoms with Crippen LogP contribution in [0, 0.1) is 0 Å². The highest BCUT2D eigenvalue weighted by Gasteiger charge is 2.19. The van der Waals surface area contributed by atoms with E-state index < -0.39 is 0 Å². The fourth-order valence-corrected chi connectivity index (χ4v) is 1.08. The second-order valence-electron chi connectivity index (χ2n) is 2.41. The Kier molecular flexibility index (Phi) is 2.05. The van der Waals surface area contributed by atoms with Crippen LogP contribution in [0.4, 0.5) is 0 Å². The van der Waals surface area contributed by atoms with E-state index >= 15 is 0 Å². The molecule has 0 aliphatic carbocycles. The molecule has 0 saturated carbocycles. The van der Waals surface area contributed by atoms with Crippen LogP contribution >= 0.6 is 0 Å². The van der Waals surface area contributed by atoms with Crippen molar-refractivity contribution in [3.63, 3.8) is 0 Å². The zero-order chi connectivity index (χ0) is 6.69. The van der Waals surface area contributed by atoms with Gasteiger partial charge in [0.05, 0.1) is 0 Å². The number of likely N-dealkylation sites (tertiary alicyclic amines) is 1. The van der Waals surface area contributed by atoms with Gasteiger partial charge in [-0.15, -0.1) is 0 Å². The smallest absolute Gasteiger partial charge is 0.293 e. The van der Waals surface area contributed by atoms with Gasteiger partial charge in [0.25, 0.3) is 6.47 Å². The number of hydrogen-bond acceptors (Lipinski definition) is 3. The maximum absolute atomic E-state index is 9.83. The van der Waals surface area contributed by atoms with Crippen LogP contribution in [-0.2, 0) is 9.53 Å². The van der Waals surface area contributed by atoms with E-state index in [1.165, 1.54) is 0 Å². The molecule has 1 aliphatic heterocycles. The summed E-state index contributed by atoms with van der Waals surface area (Å²) in [7, 11) is 2.02. The van der Waals surface area contributed by atoms with Crippen molar-refractivity contribution in [3.8, 4) is 0 Å². The summed E-state index contributed by atoms with van der Waals surface area (Å²) >= 11 is 0. The molecule has 0 unspecified atom stereocenters. The SMILES string of the molecule is CN1CC[C@H](OC=O)C1. The third-order valence-corrected chi connectivity index (χ3v) is 1.60. The molecule has 9 heavy (non-hydrogen) atoms. The largest absolute Gasteiger partial charge is 0.463 e. The zero-order valence-electron chi connectivity index (χ0n) is 5.54. The number of likely N-dealkylation sites (N-methyl/N-ethyl adjacent to an activating group) is 1. The highest BCUT2D eigenvalue weighted by atomic mass is 16.5. The maximum atomic E-state index is 9.83. The molecular weight excluding hydrogens is 118 g/mol. The molecule has 0 N–H and O–H groups in total. The molecule has 0 aromatic carbocycles. The summed E-state index contributed by atoms with van der Waals surface area (Å²) in [6.45, 7) is 2.46. The molecule has 1 saturated heterocycles. The number of nitrogens with zero attached hydrogens (tertiary/aromatic N) is 1. The third kappa shape index (κ3) is 1.68. The molecule has 1 heterocycles. The summed E-state index contributed by atoms with van der Waals surface area (Å²) in [5.74, 6) is 0. The second-order valence-corrected chi connectivity index (χ2v) is 2.41. The van der Waals surface area contributed by atoms with Crippen LogP contribution in [0.5, 0.6) is 0 Å². The Hall–Kier alpha value is -0.570. The van der Waals surface area contributed by atoms with Gasteiger partial charge in [-0.3, -0.25) is 4.79 Å². The second kappa shape index (κ2) is 2.82. The number of ether oxygens (including phenoxy) is 1. The highest BCUT2D eigenvalue weighted by Crippen LogP contribution is 2.08. The van der Waals surface area contributed by atoms with Crippen LogP contribution in [0.3, 0.4) is 0 Å². The summed E-state index contributed by atoms with van der Waals surface area (Å²) in [6.07, 6.45) is 1.13. The van der Waals surface area contributed by atoms with Crippen molar-refractivity contribution in [2.45, 2.75) is 12.5 Å². The Bertz CT molecular complexity index is 105. The Morgan fingerprint density at radius 1 is 1.78 bits per heavy atom. The van der Waals surface area contributed by atoms with E-state index in [2.05, 4.69) is 4.90 Å². The van der Waals surface area contributed by atoms with Gasteiger partial charge in [-0.2, -0.15) is 0 Å². The van der Waals surface area contributed by atoms with Crippen LogP contribution in [0.15, 0.2) is 0 Å². The molecule has 1 rings (SSSR count). The first kappa shape index (κ1) is 6.55. The minimum atomic E-state index is 0.146. The minimum Gasteiger partial charge on any atom is -0.463 e. The van der Waals surface area contributed by atoms with Gasteiger partial charge in [-0.1, -0.05) is 0 Å². The molecule has 1 fully saturated rings. The molecule has 0 aromatic heterocycles. The van der Waals surface area contributed by atoms with Crippen molar-refractivity contribution in [2.24, 2.45) is 0 Å². The Balaban J connectivity index is 2.21. The highest BCUT2D eigenvalue weighted by molar-refractivity contribution is 5.37. The molecule has 3 nitrogen and oxygen atoms in total. The molecule has 52 valence electrons. The molecule has 0 amide bonds. The monoisotopic (exact) mass is 129 g/mol. The summed E-state index contributed by atoms with van der Waals surface area (Å²) in [6, 6.07) is 0. The first-order valence-corrected chi connectivity index (χ1v) is 3.10. The predicted octanol–water partition coefficient (Wildman–Crippen LogP) is -0.137. The molecule has 0 bridgehead atoms. The average Bonchev–Trinajstić information content (AvgIpc) is 2.17. The summed E-state index contributed by atoms with van der Waals surface area (Å²) in [5.41, 5.74) is 0. The number of rotatable bonds is 2. The van der Waals surface area contributed by atoms with Gasteiger partial charge in [0, 0.05) is 13.1 Å². The summed E-state index contributed by atoms with van der Waals surface area (Å²) < 4.78 is 4.75. The quantitative estimate of drug-likeness (QED) is 0.486. The molecule has 3 heteroatoms. The average molecular weight is 129 g/mol. The lowest BCUT2D eigenvalue weighted by atomic mass is 10.3. The van der Waals surface area contributed by atoms with E-state index in [1.807, 2.05) is 7.05 Å². The van der Waals surface area contributed by atoms with Gasteiger partial charge in [0.15, 0.2) is 0 Å². The van der Waals surface area contributed by atoms with E-state index in [-0.39, 0.29) is 6.10 Å². The molecule has 0 spiro atoms. The Morgan fingerprint density at radius 2 is 2.56 bits per heavy atom. The summed E-state index contributed by atoms with van der Waals surface area (Å²) in [4.78, 5) is 12.0. The first-order chi connectivity index (χ1) is 4.33. The van der Waals surface area contributed by atoms with Crippen LogP contribution in [-0.4, -0.2) is 37.6 Å². The van der Waals surface area contributed by atoms with Gasteiger partial charge in [0.1, 0.15) is 6.10 Å². The topological polar surface area (TPSA) is 29.5 Å². The van der Waals surface area contributed by atoms with Crippen molar-refractivity contribution < 1.29 is 9.53 Å². The molecule has 1 atom stereocenters. The molecule has 0 radical (unpaired) electrons. The van der Waals surface area contributed by atoms with Crippen molar-refractivity contribution in [1.82, 2.24) is 4.90 Å². The van der Waals surface area contributed by atoms with Gasteiger partial charge in [0.2, 0.25) is 0 Å². The summed E-state index contributed by atoms with van der Waals surface area (Å²) in [5, 5.41) is 0. The molecule has 1 aliphatic rings. The number of carbonyl (C=O) groups is 1. The lowest BCUT2D eigenvalue weighted by Gasteiger charge is -2.06.